The maximum Gasteiger partial charge on any atom is 0.419 e. The summed E-state index contributed by atoms with van der Waals surface area (Å²) in [6.45, 7) is 0.475. The lowest BCUT2D eigenvalue weighted by Gasteiger charge is -2.10. The molecule has 7 heteroatoms. The number of carbonyl (C=O) groups is 2. The molecule has 1 fully saturated rings. The maximum atomic E-state index is 11.9. The van der Waals surface area contributed by atoms with Crippen molar-refractivity contribution < 1.29 is 14.0 Å². The SMILES string of the molecule is Cn1c(=O)oc2ccc(CCNC(=O)C3CCC(=O)N3)cc21. The lowest BCUT2D eigenvalue weighted by Crippen LogP contribution is -2.42. The first-order valence-corrected chi connectivity index (χ1v) is 7.20. The minimum atomic E-state index is -0.412. The minimum Gasteiger partial charge on any atom is -0.408 e. The highest BCUT2D eigenvalue weighted by atomic mass is 16.4. The summed E-state index contributed by atoms with van der Waals surface area (Å²) >= 11 is 0. The molecular formula is C15H17N3O4. The fourth-order valence-electron chi connectivity index (χ4n) is 2.59. The summed E-state index contributed by atoms with van der Waals surface area (Å²) in [6, 6.07) is 5.09. The van der Waals surface area contributed by atoms with E-state index in [4.69, 9.17) is 4.42 Å². The van der Waals surface area contributed by atoms with Gasteiger partial charge in [-0.25, -0.2) is 4.79 Å². The molecule has 2 aromatic rings. The van der Waals surface area contributed by atoms with Gasteiger partial charge in [0.25, 0.3) is 0 Å². The third-order valence-electron chi connectivity index (χ3n) is 3.88. The van der Waals surface area contributed by atoms with E-state index in [1.807, 2.05) is 12.1 Å². The summed E-state index contributed by atoms with van der Waals surface area (Å²) in [4.78, 5) is 34.4. The molecule has 1 saturated heterocycles. The number of rotatable bonds is 4. The molecule has 0 spiro atoms. The summed E-state index contributed by atoms with van der Waals surface area (Å²) in [5, 5.41) is 5.45. The van der Waals surface area contributed by atoms with Gasteiger partial charge in [0, 0.05) is 20.0 Å². The van der Waals surface area contributed by atoms with Crippen molar-refractivity contribution >= 4 is 22.9 Å². The Hall–Kier alpha value is -2.57. The van der Waals surface area contributed by atoms with Gasteiger partial charge >= 0.3 is 5.76 Å². The Morgan fingerprint density at radius 1 is 1.45 bits per heavy atom. The van der Waals surface area contributed by atoms with Crippen molar-refractivity contribution in [2.45, 2.75) is 25.3 Å². The highest BCUT2D eigenvalue weighted by molar-refractivity contribution is 5.90. The van der Waals surface area contributed by atoms with Gasteiger partial charge in [0.05, 0.1) is 5.52 Å². The van der Waals surface area contributed by atoms with Crippen molar-refractivity contribution in [1.82, 2.24) is 15.2 Å². The van der Waals surface area contributed by atoms with Crippen LogP contribution in [0.15, 0.2) is 27.4 Å². The third-order valence-corrected chi connectivity index (χ3v) is 3.88. The van der Waals surface area contributed by atoms with Gasteiger partial charge in [-0.15, -0.1) is 0 Å². The smallest absolute Gasteiger partial charge is 0.408 e. The topological polar surface area (TPSA) is 93.3 Å². The molecule has 2 N–H and O–H groups in total. The first-order chi connectivity index (χ1) is 10.5. The number of hydrogen-bond donors (Lipinski definition) is 2. The van der Waals surface area contributed by atoms with E-state index in [0.717, 1.165) is 11.1 Å². The van der Waals surface area contributed by atoms with Crippen molar-refractivity contribution in [3.05, 3.63) is 34.3 Å². The molecule has 1 aliphatic rings. The van der Waals surface area contributed by atoms with Gasteiger partial charge in [0.2, 0.25) is 11.8 Å². The standard InChI is InChI=1S/C15H17N3O4/c1-18-11-8-9(2-4-12(11)22-15(18)21)6-7-16-14(20)10-3-5-13(19)17-10/h2,4,8,10H,3,5-7H2,1H3,(H,16,20)(H,17,19). The molecule has 2 heterocycles. The fraction of sp³-hybridized carbons (Fsp3) is 0.400. The lowest BCUT2D eigenvalue weighted by atomic mass is 10.1. The van der Waals surface area contributed by atoms with Gasteiger partial charge in [0.15, 0.2) is 5.58 Å². The number of amides is 2. The molecule has 1 aromatic carbocycles. The van der Waals surface area contributed by atoms with Crippen molar-refractivity contribution in [2.75, 3.05) is 6.54 Å². The van der Waals surface area contributed by atoms with Crippen LogP contribution in [-0.4, -0.2) is 29.0 Å². The van der Waals surface area contributed by atoms with Crippen molar-refractivity contribution in [1.29, 1.82) is 0 Å². The van der Waals surface area contributed by atoms with Gasteiger partial charge in [-0.1, -0.05) is 6.07 Å². The molecule has 0 aliphatic carbocycles. The van der Waals surface area contributed by atoms with E-state index in [1.54, 1.807) is 13.1 Å². The van der Waals surface area contributed by atoms with Crippen LogP contribution in [0.1, 0.15) is 18.4 Å². The van der Waals surface area contributed by atoms with E-state index in [0.29, 0.717) is 31.4 Å². The normalized spacial score (nSPS) is 17.7. The number of nitrogens with one attached hydrogen (secondary N) is 2. The number of oxazole rings is 1. The zero-order valence-electron chi connectivity index (χ0n) is 12.2. The summed E-state index contributed by atoms with van der Waals surface area (Å²) < 4.78 is 6.52. The Labute approximate surface area is 126 Å². The Morgan fingerprint density at radius 3 is 3.00 bits per heavy atom. The Balaban J connectivity index is 1.59. The number of aromatic nitrogens is 1. The maximum absolute atomic E-state index is 11.9. The summed E-state index contributed by atoms with van der Waals surface area (Å²) in [6.07, 6.45) is 1.60. The van der Waals surface area contributed by atoms with Crippen LogP contribution in [0.4, 0.5) is 0 Å². The fourth-order valence-corrected chi connectivity index (χ4v) is 2.59. The van der Waals surface area contributed by atoms with Crippen molar-refractivity contribution in [3.63, 3.8) is 0 Å². The Morgan fingerprint density at radius 2 is 2.27 bits per heavy atom. The Bertz CT molecular complexity index is 790. The molecule has 1 unspecified atom stereocenters. The van der Waals surface area contributed by atoms with Crippen LogP contribution >= 0.6 is 0 Å². The second kappa shape index (κ2) is 5.67. The van der Waals surface area contributed by atoms with Crippen molar-refractivity contribution in [3.8, 4) is 0 Å². The summed E-state index contributed by atoms with van der Waals surface area (Å²) in [5.41, 5.74) is 2.28. The average molecular weight is 303 g/mol. The zero-order valence-corrected chi connectivity index (χ0v) is 12.2. The van der Waals surface area contributed by atoms with E-state index >= 15 is 0 Å². The molecular weight excluding hydrogens is 286 g/mol. The molecule has 0 radical (unpaired) electrons. The second-order valence-electron chi connectivity index (χ2n) is 5.43. The molecule has 0 saturated carbocycles. The molecule has 7 nitrogen and oxygen atoms in total. The van der Waals surface area contributed by atoms with Gasteiger partial charge in [-0.3, -0.25) is 14.2 Å². The third kappa shape index (κ3) is 2.74. The molecule has 116 valence electrons. The summed E-state index contributed by atoms with van der Waals surface area (Å²) in [5.74, 6) is -0.619. The van der Waals surface area contributed by atoms with E-state index in [-0.39, 0.29) is 11.8 Å². The van der Waals surface area contributed by atoms with Gasteiger partial charge < -0.3 is 15.1 Å². The highest BCUT2D eigenvalue weighted by Crippen LogP contribution is 2.14. The molecule has 2 amide bonds. The van der Waals surface area contributed by atoms with Crippen LogP contribution in [0, 0.1) is 0 Å². The zero-order chi connectivity index (χ0) is 15.7. The van der Waals surface area contributed by atoms with E-state index in [2.05, 4.69) is 10.6 Å². The minimum absolute atomic E-state index is 0.0773. The highest BCUT2D eigenvalue weighted by Gasteiger charge is 2.26. The first kappa shape index (κ1) is 14.4. The predicted octanol–water partition coefficient (Wildman–Crippen LogP) is 0.0688. The monoisotopic (exact) mass is 303 g/mol. The quantitative estimate of drug-likeness (QED) is 0.836. The molecule has 3 rings (SSSR count). The first-order valence-electron chi connectivity index (χ1n) is 7.20. The molecule has 0 bridgehead atoms. The van der Waals surface area contributed by atoms with Crippen LogP contribution in [0.3, 0.4) is 0 Å². The Kier molecular flexibility index (Phi) is 3.70. The molecule has 1 aliphatic heterocycles. The summed E-state index contributed by atoms with van der Waals surface area (Å²) in [7, 11) is 1.66. The van der Waals surface area contributed by atoms with Crippen LogP contribution in [-0.2, 0) is 23.1 Å². The van der Waals surface area contributed by atoms with Crippen molar-refractivity contribution in [2.24, 2.45) is 7.05 Å². The van der Waals surface area contributed by atoms with E-state index in [1.165, 1.54) is 4.57 Å². The number of aryl methyl sites for hydroxylation is 1. The number of carbonyl (C=O) groups excluding carboxylic acids is 2. The molecule has 22 heavy (non-hydrogen) atoms. The predicted molar refractivity (Wildman–Crippen MR) is 79.3 cm³/mol. The van der Waals surface area contributed by atoms with Crippen LogP contribution in [0.5, 0.6) is 0 Å². The lowest BCUT2D eigenvalue weighted by molar-refractivity contribution is -0.125. The molecule has 1 atom stereocenters. The second-order valence-corrected chi connectivity index (χ2v) is 5.43. The van der Waals surface area contributed by atoms with E-state index < -0.39 is 11.8 Å². The van der Waals surface area contributed by atoms with Crippen LogP contribution in [0.2, 0.25) is 0 Å². The average Bonchev–Trinajstić information content (AvgIpc) is 3.04. The van der Waals surface area contributed by atoms with Gasteiger partial charge in [0.1, 0.15) is 6.04 Å². The largest absolute Gasteiger partial charge is 0.419 e. The van der Waals surface area contributed by atoms with Gasteiger partial charge in [-0.05, 0) is 30.5 Å². The number of nitrogens with zero attached hydrogens (tertiary/aromatic N) is 1. The van der Waals surface area contributed by atoms with Gasteiger partial charge in [-0.2, -0.15) is 0 Å². The number of benzene rings is 1. The molecule has 1 aromatic heterocycles. The number of hydrogen-bond acceptors (Lipinski definition) is 4. The number of fused-ring (bicyclic) bond motifs is 1. The van der Waals surface area contributed by atoms with Crippen LogP contribution < -0.4 is 16.4 Å². The van der Waals surface area contributed by atoms with Crippen LogP contribution in [0.25, 0.3) is 11.1 Å². The van der Waals surface area contributed by atoms with E-state index in [9.17, 15) is 14.4 Å².